The van der Waals surface area contributed by atoms with Gasteiger partial charge in [0.25, 0.3) is 0 Å². The fourth-order valence-corrected chi connectivity index (χ4v) is 9.18. The van der Waals surface area contributed by atoms with E-state index in [2.05, 4.69) is 216 Å². The molecule has 0 N–H and O–H groups in total. The Morgan fingerprint density at radius 3 is 1.47 bits per heavy atom. The number of anilines is 6. The Morgan fingerprint density at radius 1 is 0.274 bits per heavy atom. The lowest BCUT2D eigenvalue weighted by atomic mass is 9.95. The van der Waals surface area contributed by atoms with Crippen LogP contribution in [0.15, 0.2) is 239 Å². The predicted molar refractivity (Wildman–Crippen MR) is 259 cm³/mol. The summed E-state index contributed by atoms with van der Waals surface area (Å²) in [7, 11) is 0. The second kappa shape index (κ2) is 14.7. The minimum Gasteiger partial charge on any atom is -0.456 e. The molecule has 0 bridgehead atoms. The van der Waals surface area contributed by atoms with Crippen molar-refractivity contribution >= 4 is 88.8 Å². The second-order valence-corrected chi connectivity index (χ2v) is 15.7. The van der Waals surface area contributed by atoms with Crippen LogP contribution in [0.4, 0.5) is 34.1 Å². The molecule has 0 aliphatic rings. The van der Waals surface area contributed by atoms with Crippen LogP contribution >= 0.6 is 0 Å². The summed E-state index contributed by atoms with van der Waals surface area (Å²) in [4.78, 5) is 4.73. The maximum atomic E-state index is 6.41. The van der Waals surface area contributed by atoms with Crippen molar-refractivity contribution in [1.29, 1.82) is 0 Å². The van der Waals surface area contributed by atoms with Crippen LogP contribution < -0.4 is 9.80 Å². The molecule has 0 radical (unpaired) electrons. The quantitative estimate of drug-likeness (QED) is 0.153. The van der Waals surface area contributed by atoms with Crippen molar-refractivity contribution in [2.24, 2.45) is 0 Å². The van der Waals surface area contributed by atoms with Crippen molar-refractivity contribution in [3.63, 3.8) is 0 Å². The van der Waals surface area contributed by atoms with Crippen LogP contribution in [-0.4, -0.2) is 0 Å². The van der Waals surface area contributed by atoms with Gasteiger partial charge in [-0.2, -0.15) is 0 Å². The number of para-hydroxylation sites is 3. The lowest BCUT2D eigenvalue weighted by Gasteiger charge is -2.29. The molecule has 0 spiro atoms. The van der Waals surface area contributed by atoms with Crippen LogP contribution in [0.3, 0.4) is 0 Å². The first-order chi connectivity index (χ1) is 30.7. The van der Waals surface area contributed by atoms with E-state index in [1.54, 1.807) is 0 Å². The number of hydrogen-bond donors (Lipinski definition) is 0. The highest BCUT2D eigenvalue weighted by Gasteiger charge is 2.23. The predicted octanol–water partition coefficient (Wildman–Crippen LogP) is 16.9. The summed E-state index contributed by atoms with van der Waals surface area (Å²) in [5.74, 6) is 0. The number of rotatable bonds is 8. The molecule has 62 heavy (non-hydrogen) atoms. The first kappa shape index (κ1) is 35.6. The molecule has 4 nitrogen and oxygen atoms in total. The van der Waals surface area contributed by atoms with Crippen molar-refractivity contribution in [2.45, 2.75) is 0 Å². The normalized spacial score (nSPS) is 11.5. The van der Waals surface area contributed by atoms with Gasteiger partial charge in [0.05, 0.1) is 27.8 Å². The molecule has 12 aromatic rings. The number of furan rings is 2. The maximum absolute atomic E-state index is 6.41. The largest absolute Gasteiger partial charge is 0.456 e. The van der Waals surface area contributed by atoms with E-state index in [4.69, 9.17) is 8.83 Å². The van der Waals surface area contributed by atoms with Gasteiger partial charge in [0, 0.05) is 33.4 Å². The van der Waals surface area contributed by atoms with Gasteiger partial charge in [-0.3, -0.25) is 0 Å². The van der Waals surface area contributed by atoms with Crippen LogP contribution in [0.25, 0.3) is 76.9 Å². The Bertz CT molecular complexity index is 3590. The molecule has 0 unspecified atom stereocenters. The molecule has 12 rings (SSSR count). The van der Waals surface area contributed by atoms with Crippen molar-refractivity contribution < 1.29 is 8.83 Å². The third kappa shape index (κ3) is 6.00. The first-order valence-electron chi connectivity index (χ1n) is 21.0. The van der Waals surface area contributed by atoms with Crippen LogP contribution in [0.5, 0.6) is 0 Å². The molecule has 292 valence electrons. The third-order valence-corrected chi connectivity index (χ3v) is 12.0. The number of benzene rings is 10. The molecule has 0 atom stereocenters. The SMILES string of the molecule is c1ccc(-c2cc(-c3ccc(N(c4ccc5ccccc5c4)c4cccc5oc6ccccc6c45)cc3)ccc2N(c2ccccc2)c2cccc3oc4ccccc4c23)cc1. The monoisotopic (exact) mass is 794 g/mol. The molecular formula is C58H38N2O2. The van der Waals surface area contributed by atoms with Gasteiger partial charge in [-0.05, 0) is 112 Å². The summed E-state index contributed by atoms with van der Waals surface area (Å²) < 4.78 is 12.8. The Morgan fingerprint density at radius 2 is 0.790 bits per heavy atom. The van der Waals surface area contributed by atoms with Gasteiger partial charge in [-0.1, -0.05) is 146 Å². The fraction of sp³-hybridized carbons (Fsp3) is 0. The zero-order valence-corrected chi connectivity index (χ0v) is 33.7. The molecule has 4 heteroatoms. The van der Waals surface area contributed by atoms with E-state index in [-0.39, 0.29) is 0 Å². The van der Waals surface area contributed by atoms with E-state index < -0.39 is 0 Å². The van der Waals surface area contributed by atoms with E-state index in [9.17, 15) is 0 Å². The van der Waals surface area contributed by atoms with E-state index in [0.717, 1.165) is 100 Å². The van der Waals surface area contributed by atoms with Gasteiger partial charge in [0.2, 0.25) is 0 Å². The molecule has 0 aliphatic carbocycles. The lowest BCUT2D eigenvalue weighted by Crippen LogP contribution is -2.11. The van der Waals surface area contributed by atoms with Crippen LogP contribution in [0, 0.1) is 0 Å². The van der Waals surface area contributed by atoms with Crippen LogP contribution in [0.1, 0.15) is 0 Å². The fourth-order valence-electron chi connectivity index (χ4n) is 9.18. The van der Waals surface area contributed by atoms with E-state index in [1.165, 1.54) is 10.8 Å². The lowest BCUT2D eigenvalue weighted by molar-refractivity contribution is 0.668. The molecular weight excluding hydrogens is 757 g/mol. The highest BCUT2D eigenvalue weighted by atomic mass is 16.3. The van der Waals surface area contributed by atoms with Crippen LogP contribution in [-0.2, 0) is 0 Å². The Hall–Kier alpha value is -8.34. The molecule has 2 aromatic heterocycles. The van der Waals surface area contributed by atoms with E-state index in [1.807, 2.05) is 24.3 Å². The minimum absolute atomic E-state index is 0.859. The summed E-state index contributed by atoms with van der Waals surface area (Å²) in [6.07, 6.45) is 0. The minimum atomic E-state index is 0.859. The number of hydrogen-bond acceptors (Lipinski definition) is 4. The van der Waals surface area contributed by atoms with Crippen molar-refractivity contribution in [1.82, 2.24) is 0 Å². The molecule has 0 saturated carbocycles. The van der Waals surface area contributed by atoms with Gasteiger partial charge < -0.3 is 18.6 Å². The highest BCUT2D eigenvalue weighted by Crippen LogP contribution is 2.48. The summed E-state index contributed by atoms with van der Waals surface area (Å²) in [6.45, 7) is 0. The zero-order chi connectivity index (χ0) is 41.0. The summed E-state index contributed by atoms with van der Waals surface area (Å²) in [5.41, 5.74) is 14.4. The van der Waals surface area contributed by atoms with Crippen molar-refractivity contribution in [3.8, 4) is 22.3 Å². The molecule has 0 aliphatic heterocycles. The molecule has 0 fully saturated rings. The molecule has 2 heterocycles. The average molecular weight is 795 g/mol. The number of nitrogens with zero attached hydrogens (tertiary/aromatic N) is 2. The van der Waals surface area contributed by atoms with Gasteiger partial charge in [0.15, 0.2) is 0 Å². The van der Waals surface area contributed by atoms with Gasteiger partial charge in [-0.25, -0.2) is 0 Å². The maximum Gasteiger partial charge on any atom is 0.137 e. The summed E-state index contributed by atoms with van der Waals surface area (Å²) in [6, 6.07) is 81.7. The van der Waals surface area contributed by atoms with Crippen LogP contribution in [0.2, 0.25) is 0 Å². The molecule has 0 amide bonds. The van der Waals surface area contributed by atoms with E-state index in [0.29, 0.717) is 0 Å². The smallest absolute Gasteiger partial charge is 0.137 e. The van der Waals surface area contributed by atoms with Gasteiger partial charge in [-0.15, -0.1) is 0 Å². The van der Waals surface area contributed by atoms with Gasteiger partial charge >= 0.3 is 0 Å². The Kier molecular flexibility index (Phi) is 8.46. The first-order valence-corrected chi connectivity index (χ1v) is 21.0. The second-order valence-electron chi connectivity index (χ2n) is 15.7. The zero-order valence-electron chi connectivity index (χ0n) is 33.7. The standard InChI is InChI=1S/C58H38N2O2/c1-3-16-41(17-4-1)49-38-43(32-36-50(49)60(44-19-5-2-6-20-44)52-24-14-28-56-58(52)48-22-10-12-26-54(48)62-56)40-29-33-45(34-30-40)59(46-35-31-39-15-7-8-18-42(39)37-46)51-23-13-27-55-57(51)47-21-9-11-25-53(47)61-55/h1-38H. The average Bonchev–Trinajstić information content (AvgIpc) is 3.92. The third-order valence-electron chi connectivity index (χ3n) is 12.0. The Labute approximate surface area is 358 Å². The molecule has 0 saturated heterocycles. The number of fused-ring (bicyclic) bond motifs is 7. The molecule has 10 aromatic carbocycles. The van der Waals surface area contributed by atoms with Gasteiger partial charge in [0.1, 0.15) is 22.3 Å². The summed E-state index contributed by atoms with van der Waals surface area (Å²) >= 11 is 0. The highest BCUT2D eigenvalue weighted by molar-refractivity contribution is 6.15. The van der Waals surface area contributed by atoms with E-state index >= 15 is 0 Å². The van der Waals surface area contributed by atoms with Crippen molar-refractivity contribution in [3.05, 3.63) is 231 Å². The summed E-state index contributed by atoms with van der Waals surface area (Å²) in [5, 5.41) is 6.75. The topological polar surface area (TPSA) is 32.8 Å². The Balaban J connectivity index is 1.02. The van der Waals surface area contributed by atoms with Crippen molar-refractivity contribution in [2.75, 3.05) is 9.80 Å².